The zero-order valence-electron chi connectivity index (χ0n) is 9.77. The maximum Gasteiger partial charge on any atom is 0.248 e. The second-order valence-corrected chi connectivity index (χ2v) is 4.94. The van der Waals surface area contributed by atoms with Crippen molar-refractivity contribution >= 4 is 11.6 Å². The SMILES string of the molecule is Fc1cc(CCl)ccc1OCC1CCC(F)(F)C1. The molecule has 0 heterocycles. The first-order chi connectivity index (χ1) is 8.50. The van der Waals surface area contributed by atoms with Gasteiger partial charge in [-0.2, -0.15) is 0 Å². The van der Waals surface area contributed by atoms with E-state index in [0.717, 1.165) is 0 Å². The van der Waals surface area contributed by atoms with Crippen LogP contribution in [0.5, 0.6) is 5.75 Å². The van der Waals surface area contributed by atoms with Crippen molar-refractivity contribution in [3.05, 3.63) is 29.6 Å². The Morgan fingerprint density at radius 2 is 2.17 bits per heavy atom. The molecule has 0 aliphatic heterocycles. The van der Waals surface area contributed by atoms with E-state index in [1.165, 1.54) is 12.1 Å². The van der Waals surface area contributed by atoms with Crippen molar-refractivity contribution in [2.45, 2.75) is 31.1 Å². The lowest BCUT2D eigenvalue weighted by atomic mass is 10.1. The molecule has 1 aromatic carbocycles. The van der Waals surface area contributed by atoms with E-state index in [9.17, 15) is 13.2 Å². The van der Waals surface area contributed by atoms with E-state index in [1.807, 2.05) is 0 Å². The fourth-order valence-electron chi connectivity index (χ4n) is 2.14. The number of hydrogen-bond acceptors (Lipinski definition) is 1. The summed E-state index contributed by atoms with van der Waals surface area (Å²) >= 11 is 5.57. The van der Waals surface area contributed by atoms with E-state index in [4.69, 9.17) is 16.3 Å². The second kappa shape index (κ2) is 5.39. The van der Waals surface area contributed by atoms with Gasteiger partial charge in [0, 0.05) is 18.7 Å². The molecule has 0 aromatic heterocycles. The van der Waals surface area contributed by atoms with Crippen molar-refractivity contribution in [3.8, 4) is 5.75 Å². The fraction of sp³-hybridized carbons (Fsp3) is 0.538. The van der Waals surface area contributed by atoms with Crippen LogP contribution < -0.4 is 4.74 Å². The normalized spacial score (nSPS) is 22.1. The average Bonchev–Trinajstić information content (AvgIpc) is 2.67. The number of alkyl halides is 3. The first-order valence-electron chi connectivity index (χ1n) is 5.85. The number of hydrogen-bond donors (Lipinski definition) is 0. The Morgan fingerprint density at radius 1 is 1.39 bits per heavy atom. The van der Waals surface area contributed by atoms with Crippen LogP contribution >= 0.6 is 11.6 Å². The maximum atomic E-state index is 13.5. The van der Waals surface area contributed by atoms with E-state index < -0.39 is 11.7 Å². The van der Waals surface area contributed by atoms with E-state index in [2.05, 4.69) is 0 Å². The van der Waals surface area contributed by atoms with Crippen molar-refractivity contribution in [1.29, 1.82) is 0 Å². The van der Waals surface area contributed by atoms with Crippen LogP contribution in [0.15, 0.2) is 18.2 Å². The summed E-state index contributed by atoms with van der Waals surface area (Å²) < 4.78 is 44.7. The van der Waals surface area contributed by atoms with Crippen LogP contribution in [-0.4, -0.2) is 12.5 Å². The molecule has 5 heteroatoms. The fourth-order valence-corrected chi connectivity index (χ4v) is 2.30. The monoisotopic (exact) mass is 278 g/mol. The van der Waals surface area contributed by atoms with Crippen LogP contribution in [0.3, 0.4) is 0 Å². The second-order valence-electron chi connectivity index (χ2n) is 4.67. The minimum Gasteiger partial charge on any atom is -0.490 e. The maximum absolute atomic E-state index is 13.5. The molecule has 1 unspecified atom stereocenters. The molecule has 1 aromatic rings. The highest BCUT2D eigenvalue weighted by atomic mass is 35.5. The van der Waals surface area contributed by atoms with Crippen LogP contribution in [0.1, 0.15) is 24.8 Å². The van der Waals surface area contributed by atoms with Gasteiger partial charge < -0.3 is 4.74 Å². The first kappa shape index (κ1) is 13.5. The molecule has 0 spiro atoms. The summed E-state index contributed by atoms with van der Waals surface area (Å²) in [4.78, 5) is 0. The van der Waals surface area contributed by atoms with Gasteiger partial charge in [0.1, 0.15) is 0 Å². The van der Waals surface area contributed by atoms with Gasteiger partial charge in [0.15, 0.2) is 11.6 Å². The predicted molar refractivity (Wildman–Crippen MR) is 63.7 cm³/mol. The Bertz CT molecular complexity index is 423. The van der Waals surface area contributed by atoms with Crippen LogP contribution in [0, 0.1) is 11.7 Å². The molecule has 1 fully saturated rings. The molecular formula is C13H14ClF3O. The number of halogens is 4. The smallest absolute Gasteiger partial charge is 0.248 e. The van der Waals surface area contributed by atoms with Gasteiger partial charge in [-0.05, 0) is 30.0 Å². The van der Waals surface area contributed by atoms with Gasteiger partial charge in [0.25, 0.3) is 0 Å². The van der Waals surface area contributed by atoms with E-state index in [1.54, 1.807) is 6.07 Å². The molecule has 2 rings (SSSR count). The molecule has 1 aliphatic carbocycles. The van der Waals surface area contributed by atoms with Gasteiger partial charge in [-0.3, -0.25) is 0 Å². The van der Waals surface area contributed by atoms with Gasteiger partial charge in [0.05, 0.1) is 6.61 Å². The quantitative estimate of drug-likeness (QED) is 0.743. The summed E-state index contributed by atoms with van der Waals surface area (Å²) in [5.41, 5.74) is 0.661. The lowest BCUT2D eigenvalue weighted by molar-refractivity contribution is 0.00286. The van der Waals surface area contributed by atoms with Crippen LogP contribution in [0.25, 0.3) is 0 Å². The highest BCUT2D eigenvalue weighted by molar-refractivity contribution is 6.17. The molecule has 18 heavy (non-hydrogen) atoms. The van der Waals surface area contributed by atoms with Crippen molar-refractivity contribution in [3.63, 3.8) is 0 Å². The topological polar surface area (TPSA) is 9.23 Å². The average molecular weight is 279 g/mol. The van der Waals surface area contributed by atoms with E-state index >= 15 is 0 Å². The van der Waals surface area contributed by atoms with Crippen molar-refractivity contribution < 1.29 is 17.9 Å². The highest BCUT2D eigenvalue weighted by Crippen LogP contribution is 2.39. The standard InChI is InChI=1S/C13H14ClF3O/c14-7-9-1-2-12(11(15)5-9)18-8-10-3-4-13(16,17)6-10/h1-2,5,10H,3-4,6-8H2. The summed E-state index contributed by atoms with van der Waals surface area (Å²) in [6, 6.07) is 4.44. The van der Waals surface area contributed by atoms with Gasteiger partial charge >= 0.3 is 0 Å². The molecule has 1 nitrogen and oxygen atoms in total. The Morgan fingerprint density at radius 3 is 2.72 bits per heavy atom. The molecule has 1 aliphatic rings. The third kappa shape index (κ3) is 3.31. The Labute approximate surface area is 109 Å². The Balaban J connectivity index is 1.91. The zero-order valence-corrected chi connectivity index (χ0v) is 10.5. The number of ether oxygens (including phenoxy) is 1. The van der Waals surface area contributed by atoms with Gasteiger partial charge in [-0.1, -0.05) is 6.07 Å². The largest absolute Gasteiger partial charge is 0.490 e. The summed E-state index contributed by atoms with van der Waals surface area (Å²) in [6.45, 7) is 0.132. The lowest BCUT2D eigenvalue weighted by Gasteiger charge is -2.13. The molecule has 0 radical (unpaired) electrons. The molecule has 0 N–H and O–H groups in total. The molecule has 0 bridgehead atoms. The predicted octanol–water partition coefficient (Wildman–Crippen LogP) is 4.38. The van der Waals surface area contributed by atoms with Crippen LogP contribution in [-0.2, 0) is 5.88 Å². The Kier molecular flexibility index (Phi) is 4.05. The first-order valence-corrected chi connectivity index (χ1v) is 6.38. The van der Waals surface area contributed by atoms with Gasteiger partial charge in [-0.15, -0.1) is 11.6 Å². The molecule has 1 saturated carbocycles. The summed E-state index contributed by atoms with van der Waals surface area (Å²) in [6.07, 6.45) is 0.150. The van der Waals surface area contributed by atoms with Gasteiger partial charge in [-0.25, -0.2) is 13.2 Å². The molecule has 1 atom stereocenters. The highest BCUT2D eigenvalue weighted by Gasteiger charge is 2.39. The van der Waals surface area contributed by atoms with Crippen molar-refractivity contribution in [2.24, 2.45) is 5.92 Å². The lowest BCUT2D eigenvalue weighted by Crippen LogP contribution is -2.14. The van der Waals surface area contributed by atoms with Gasteiger partial charge in [0.2, 0.25) is 5.92 Å². The number of rotatable bonds is 4. The Hall–Kier alpha value is -0.900. The van der Waals surface area contributed by atoms with E-state index in [-0.39, 0.29) is 37.0 Å². The third-order valence-electron chi connectivity index (χ3n) is 3.13. The third-order valence-corrected chi connectivity index (χ3v) is 3.44. The molecule has 100 valence electrons. The summed E-state index contributed by atoms with van der Waals surface area (Å²) in [5, 5.41) is 0. The summed E-state index contributed by atoms with van der Waals surface area (Å²) in [7, 11) is 0. The number of benzene rings is 1. The minimum absolute atomic E-state index is 0.0964. The van der Waals surface area contributed by atoms with Crippen molar-refractivity contribution in [2.75, 3.05) is 6.61 Å². The van der Waals surface area contributed by atoms with E-state index in [0.29, 0.717) is 12.0 Å². The van der Waals surface area contributed by atoms with Crippen LogP contribution in [0.4, 0.5) is 13.2 Å². The molecular weight excluding hydrogens is 265 g/mol. The molecule has 0 saturated heterocycles. The van der Waals surface area contributed by atoms with Crippen LogP contribution in [0.2, 0.25) is 0 Å². The zero-order chi connectivity index (χ0) is 13.2. The minimum atomic E-state index is -2.59. The molecule has 0 amide bonds. The van der Waals surface area contributed by atoms with Crippen molar-refractivity contribution in [1.82, 2.24) is 0 Å². The summed E-state index contributed by atoms with van der Waals surface area (Å²) in [5.74, 6) is -2.97.